The predicted molar refractivity (Wildman–Crippen MR) is 106 cm³/mol. The number of imide groups is 1. The van der Waals surface area contributed by atoms with E-state index in [0.717, 1.165) is 6.42 Å². The third-order valence-corrected chi connectivity index (χ3v) is 4.97. The van der Waals surface area contributed by atoms with Crippen LogP contribution in [0.25, 0.3) is 22.4 Å². The van der Waals surface area contributed by atoms with Crippen LogP contribution in [0.5, 0.6) is 0 Å². The lowest BCUT2D eigenvalue weighted by Crippen LogP contribution is -2.31. The van der Waals surface area contributed by atoms with Crippen LogP contribution in [0, 0.1) is 5.92 Å². The van der Waals surface area contributed by atoms with Gasteiger partial charge in [0, 0.05) is 17.1 Å². The van der Waals surface area contributed by atoms with E-state index in [0.29, 0.717) is 45.1 Å². The fourth-order valence-corrected chi connectivity index (χ4v) is 3.35. The maximum atomic E-state index is 12.7. The van der Waals surface area contributed by atoms with Crippen molar-refractivity contribution in [3.63, 3.8) is 0 Å². The Balaban J connectivity index is 1.75. The van der Waals surface area contributed by atoms with E-state index < -0.39 is 5.63 Å². The van der Waals surface area contributed by atoms with Crippen molar-refractivity contribution >= 4 is 34.3 Å². The van der Waals surface area contributed by atoms with Gasteiger partial charge in [-0.1, -0.05) is 25.4 Å². The molecule has 7 heteroatoms. The molecule has 0 atom stereocenters. The molecule has 0 bridgehead atoms. The lowest BCUT2D eigenvalue weighted by Gasteiger charge is -2.14. The van der Waals surface area contributed by atoms with Crippen molar-refractivity contribution in [3.8, 4) is 11.5 Å². The maximum Gasteiger partial charge on any atom is 0.347 e. The second-order valence-corrected chi connectivity index (χ2v) is 7.61. The highest BCUT2D eigenvalue weighted by Gasteiger charge is 2.35. The van der Waals surface area contributed by atoms with Crippen molar-refractivity contribution in [1.82, 2.24) is 9.88 Å². The zero-order chi connectivity index (χ0) is 20.0. The first-order valence-corrected chi connectivity index (χ1v) is 9.34. The van der Waals surface area contributed by atoms with Crippen LogP contribution in [-0.2, 0) is 0 Å². The van der Waals surface area contributed by atoms with Crippen LogP contribution < -0.4 is 5.63 Å². The molecular formula is C21H17ClN2O4. The lowest BCUT2D eigenvalue weighted by atomic mass is 10.1. The Morgan fingerprint density at radius 2 is 1.79 bits per heavy atom. The van der Waals surface area contributed by atoms with Gasteiger partial charge >= 0.3 is 5.63 Å². The summed E-state index contributed by atoms with van der Waals surface area (Å²) >= 11 is 5.99. The number of hydrogen-bond donors (Lipinski definition) is 0. The quantitative estimate of drug-likeness (QED) is 0.619. The number of rotatable bonds is 4. The summed E-state index contributed by atoms with van der Waals surface area (Å²) in [4.78, 5) is 43.1. The van der Waals surface area contributed by atoms with Gasteiger partial charge < -0.3 is 4.42 Å². The van der Waals surface area contributed by atoms with Crippen LogP contribution in [0.3, 0.4) is 0 Å². The van der Waals surface area contributed by atoms with E-state index in [-0.39, 0.29) is 17.7 Å². The Morgan fingerprint density at radius 1 is 1.04 bits per heavy atom. The largest absolute Gasteiger partial charge is 0.403 e. The number of halogens is 1. The zero-order valence-corrected chi connectivity index (χ0v) is 16.1. The summed E-state index contributed by atoms with van der Waals surface area (Å²) < 4.78 is 5.32. The highest BCUT2D eigenvalue weighted by molar-refractivity contribution is 6.31. The van der Waals surface area contributed by atoms with Gasteiger partial charge in [-0.05, 0) is 48.7 Å². The molecule has 0 radical (unpaired) electrons. The summed E-state index contributed by atoms with van der Waals surface area (Å²) in [6.45, 7) is 4.45. The second kappa shape index (κ2) is 6.87. The third-order valence-electron chi connectivity index (χ3n) is 4.74. The van der Waals surface area contributed by atoms with Crippen LogP contribution >= 0.6 is 11.6 Å². The van der Waals surface area contributed by atoms with Crippen molar-refractivity contribution < 1.29 is 14.0 Å². The fraction of sp³-hybridized carbons (Fsp3) is 0.238. The van der Waals surface area contributed by atoms with Gasteiger partial charge in [-0.2, -0.15) is 0 Å². The molecule has 0 saturated heterocycles. The number of carbonyl (C=O) groups is 2. The molecule has 0 spiro atoms. The Hall–Kier alpha value is -2.99. The summed E-state index contributed by atoms with van der Waals surface area (Å²) in [6.07, 6.45) is 0.736. The molecule has 4 rings (SSSR count). The normalized spacial score (nSPS) is 13.6. The van der Waals surface area contributed by atoms with Gasteiger partial charge in [0.2, 0.25) is 5.89 Å². The minimum atomic E-state index is -0.543. The molecule has 0 unspecified atom stereocenters. The third kappa shape index (κ3) is 3.10. The summed E-state index contributed by atoms with van der Waals surface area (Å²) in [5, 5.41) is 0.771. The molecule has 28 heavy (non-hydrogen) atoms. The number of carbonyl (C=O) groups excluding carboxylic acids is 2. The van der Waals surface area contributed by atoms with E-state index >= 15 is 0 Å². The zero-order valence-electron chi connectivity index (χ0n) is 15.4. The van der Waals surface area contributed by atoms with Gasteiger partial charge in [-0.25, -0.2) is 9.78 Å². The van der Waals surface area contributed by atoms with Crippen LogP contribution in [0.4, 0.5) is 0 Å². The number of amides is 2. The van der Waals surface area contributed by atoms with Crippen molar-refractivity contribution in [1.29, 1.82) is 0 Å². The van der Waals surface area contributed by atoms with Gasteiger partial charge in [0.1, 0.15) is 0 Å². The molecule has 1 aliphatic rings. The van der Waals surface area contributed by atoms with E-state index in [1.807, 2.05) is 13.8 Å². The molecule has 0 saturated carbocycles. The number of hydrogen-bond acceptors (Lipinski definition) is 5. The minimum Gasteiger partial charge on any atom is -0.403 e. The van der Waals surface area contributed by atoms with Crippen molar-refractivity contribution in [2.45, 2.75) is 20.3 Å². The van der Waals surface area contributed by atoms with Crippen molar-refractivity contribution in [2.24, 2.45) is 5.92 Å². The van der Waals surface area contributed by atoms with Crippen LogP contribution in [-0.4, -0.2) is 28.2 Å². The number of nitrogens with zero attached hydrogens (tertiary/aromatic N) is 2. The molecular weight excluding hydrogens is 380 g/mol. The number of aromatic nitrogens is 1. The van der Waals surface area contributed by atoms with Gasteiger partial charge in [0.05, 0.1) is 22.0 Å². The van der Waals surface area contributed by atoms with E-state index in [9.17, 15) is 14.4 Å². The van der Waals surface area contributed by atoms with Gasteiger partial charge in [0.25, 0.3) is 11.8 Å². The highest BCUT2D eigenvalue weighted by atomic mass is 35.5. The van der Waals surface area contributed by atoms with Crippen LogP contribution in [0.2, 0.25) is 5.02 Å². The topological polar surface area (TPSA) is 80.5 Å². The molecule has 0 fully saturated rings. The van der Waals surface area contributed by atoms with Crippen molar-refractivity contribution in [3.05, 3.63) is 63.0 Å². The van der Waals surface area contributed by atoms with Gasteiger partial charge in [-0.3, -0.25) is 14.5 Å². The van der Waals surface area contributed by atoms with Crippen molar-refractivity contribution in [2.75, 3.05) is 6.54 Å². The predicted octanol–water partition coefficient (Wildman–Crippen LogP) is 4.15. The molecule has 6 nitrogen and oxygen atoms in total. The van der Waals surface area contributed by atoms with E-state index in [4.69, 9.17) is 16.0 Å². The first-order valence-electron chi connectivity index (χ1n) is 8.96. The fourth-order valence-electron chi connectivity index (χ4n) is 3.18. The number of benzene rings is 2. The SMILES string of the molecule is CC(C)CCN1C(=O)c2ccc(-c3nc4cc(Cl)ccc4c(=O)o3)cc2C1=O. The average molecular weight is 397 g/mol. The van der Waals surface area contributed by atoms with E-state index in [1.54, 1.807) is 36.4 Å². The summed E-state index contributed by atoms with van der Waals surface area (Å²) in [5.41, 5.74) is 0.952. The summed E-state index contributed by atoms with van der Waals surface area (Å²) in [6, 6.07) is 9.46. The summed E-state index contributed by atoms with van der Waals surface area (Å²) in [5.74, 6) is -0.188. The minimum absolute atomic E-state index is 0.0726. The summed E-state index contributed by atoms with van der Waals surface area (Å²) in [7, 11) is 0. The smallest absolute Gasteiger partial charge is 0.347 e. The van der Waals surface area contributed by atoms with E-state index in [2.05, 4.69) is 4.98 Å². The molecule has 2 heterocycles. The molecule has 2 aromatic carbocycles. The van der Waals surface area contributed by atoms with Gasteiger partial charge in [0.15, 0.2) is 0 Å². The lowest BCUT2D eigenvalue weighted by molar-refractivity contribution is 0.0648. The molecule has 0 aliphatic carbocycles. The van der Waals surface area contributed by atoms with E-state index in [1.165, 1.54) is 4.90 Å². The maximum absolute atomic E-state index is 12.7. The molecule has 3 aromatic rings. The monoisotopic (exact) mass is 396 g/mol. The van der Waals surface area contributed by atoms with Gasteiger partial charge in [-0.15, -0.1) is 0 Å². The van der Waals surface area contributed by atoms with Crippen LogP contribution in [0.1, 0.15) is 41.0 Å². The second-order valence-electron chi connectivity index (χ2n) is 7.17. The Labute approximate surface area is 165 Å². The Kier molecular flexibility index (Phi) is 4.51. The average Bonchev–Trinajstić information content (AvgIpc) is 2.89. The standard InChI is InChI=1S/C21H17ClN2O4/c1-11(2)7-8-24-19(25)14-5-3-12(9-16(14)20(24)26)18-23-17-10-13(22)4-6-15(17)21(27)28-18/h3-6,9-11H,7-8H2,1-2H3. The molecule has 142 valence electrons. The van der Waals surface area contributed by atoms with Crippen LogP contribution in [0.15, 0.2) is 45.6 Å². The molecule has 2 amide bonds. The Bertz CT molecular complexity index is 1180. The highest BCUT2D eigenvalue weighted by Crippen LogP contribution is 2.29. The Morgan fingerprint density at radius 3 is 2.54 bits per heavy atom. The first-order chi connectivity index (χ1) is 13.3. The first kappa shape index (κ1) is 18.4. The number of fused-ring (bicyclic) bond motifs is 2. The molecule has 1 aliphatic heterocycles. The molecule has 1 aromatic heterocycles. The molecule has 0 N–H and O–H groups in total.